The first-order chi connectivity index (χ1) is 10.2. The van der Waals surface area contributed by atoms with Crippen molar-refractivity contribution >= 4 is 0 Å². The molecule has 112 valence electrons. The zero-order chi connectivity index (χ0) is 15.1. The van der Waals surface area contributed by atoms with Gasteiger partial charge in [0.05, 0.1) is 0 Å². The average Bonchev–Trinajstić information content (AvgIpc) is 2.49. The van der Waals surface area contributed by atoms with Gasteiger partial charge in [-0.15, -0.1) is 0 Å². The highest BCUT2D eigenvalue weighted by atomic mass is 19.1. The minimum Gasteiger partial charge on any atom is -0.329 e. The molecule has 0 spiro atoms. The molecule has 4 heteroatoms. The largest absolute Gasteiger partial charge is 0.329 e. The van der Waals surface area contributed by atoms with Crippen LogP contribution in [0.5, 0.6) is 0 Å². The first-order valence-electron chi connectivity index (χ1n) is 7.10. The first-order valence-corrected chi connectivity index (χ1v) is 7.10. The van der Waals surface area contributed by atoms with E-state index in [0.29, 0.717) is 13.1 Å². The van der Waals surface area contributed by atoms with Crippen LogP contribution in [0.25, 0.3) is 0 Å². The van der Waals surface area contributed by atoms with Crippen molar-refractivity contribution in [1.29, 1.82) is 0 Å². The summed E-state index contributed by atoms with van der Waals surface area (Å²) in [6.07, 6.45) is 0.830. The third kappa shape index (κ3) is 4.62. The fourth-order valence-corrected chi connectivity index (χ4v) is 2.29. The monoisotopic (exact) mass is 290 g/mol. The van der Waals surface area contributed by atoms with E-state index in [4.69, 9.17) is 5.73 Å². The summed E-state index contributed by atoms with van der Waals surface area (Å²) in [6.45, 7) is 2.03. The second-order valence-corrected chi connectivity index (χ2v) is 5.00. The number of rotatable bonds is 7. The van der Waals surface area contributed by atoms with Crippen LogP contribution in [0.1, 0.15) is 11.1 Å². The van der Waals surface area contributed by atoms with Gasteiger partial charge >= 0.3 is 0 Å². The molecule has 2 rings (SSSR count). The molecule has 0 radical (unpaired) electrons. The van der Waals surface area contributed by atoms with Crippen LogP contribution >= 0.6 is 0 Å². The molecule has 2 aromatic rings. The van der Waals surface area contributed by atoms with Gasteiger partial charge in [0.2, 0.25) is 0 Å². The standard InChI is InChI=1S/C17H20F2N2/c18-16-7-4-8-17(19)15(16)13-21(12-10-20)11-9-14-5-2-1-3-6-14/h1-8H,9-13,20H2. The van der Waals surface area contributed by atoms with Crippen LogP contribution in [0.15, 0.2) is 48.5 Å². The maximum atomic E-state index is 13.7. The molecule has 0 aliphatic rings. The van der Waals surface area contributed by atoms with Crippen LogP contribution < -0.4 is 5.73 Å². The Bertz CT molecular complexity index is 538. The Morgan fingerprint density at radius 1 is 0.857 bits per heavy atom. The van der Waals surface area contributed by atoms with Crippen LogP contribution in [0.3, 0.4) is 0 Å². The summed E-state index contributed by atoms with van der Waals surface area (Å²) >= 11 is 0. The average molecular weight is 290 g/mol. The molecule has 2 N–H and O–H groups in total. The van der Waals surface area contributed by atoms with Crippen LogP contribution in [-0.4, -0.2) is 24.5 Å². The number of nitrogens with two attached hydrogens (primary N) is 1. The quantitative estimate of drug-likeness (QED) is 0.849. The van der Waals surface area contributed by atoms with E-state index in [1.807, 2.05) is 35.2 Å². The Morgan fingerprint density at radius 3 is 2.14 bits per heavy atom. The number of hydrogen-bond donors (Lipinski definition) is 1. The minimum absolute atomic E-state index is 0.110. The van der Waals surface area contributed by atoms with Crippen molar-refractivity contribution in [1.82, 2.24) is 4.90 Å². The zero-order valence-corrected chi connectivity index (χ0v) is 11.9. The smallest absolute Gasteiger partial charge is 0.130 e. The lowest BCUT2D eigenvalue weighted by molar-refractivity contribution is 0.268. The van der Waals surface area contributed by atoms with Gasteiger partial charge in [-0.3, -0.25) is 4.90 Å². The Kier molecular flexibility index (Phi) is 5.84. The van der Waals surface area contributed by atoms with E-state index in [1.165, 1.54) is 23.8 Å². The van der Waals surface area contributed by atoms with Gasteiger partial charge in [0, 0.05) is 31.7 Å². The molecule has 0 heterocycles. The fraction of sp³-hybridized carbons (Fsp3) is 0.294. The van der Waals surface area contributed by atoms with Crippen molar-refractivity contribution < 1.29 is 8.78 Å². The Morgan fingerprint density at radius 2 is 1.52 bits per heavy atom. The summed E-state index contributed by atoms with van der Waals surface area (Å²) < 4.78 is 27.4. The summed E-state index contributed by atoms with van der Waals surface area (Å²) in [5, 5.41) is 0. The van der Waals surface area contributed by atoms with Crippen molar-refractivity contribution in [2.45, 2.75) is 13.0 Å². The third-order valence-corrected chi connectivity index (χ3v) is 3.45. The van der Waals surface area contributed by atoms with E-state index in [9.17, 15) is 8.78 Å². The lowest BCUT2D eigenvalue weighted by Crippen LogP contribution is -2.31. The molecule has 0 aliphatic heterocycles. The van der Waals surface area contributed by atoms with Crippen molar-refractivity contribution in [3.63, 3.8) is 0 Å². The second-order valence-electron chi connectivity index (χ2n) is 5.00. The van der Waals surface area contributed by atoms with Crippen LogP contribution in [-0.2, 0) is 13.0 Å². The second kappa shape index (κ2) is 7.86. The summed E-state index contributed by atoms with van der Waals surface area (Å²) in [7, 11) is 0. The zero-order valence-electron chi connectivity index (χ0n) is 11.9. The third-order valence-electron chi connectivity index (χ3n) is 3.45. The highest BCUT2D eigenvalue weighted by molar-refractivity contribution is 5.20. The topological polar surface area (TPSA) is 29.3 Å². The maximum Gasteiger partial charge on any atom is 0.130 e. The van der Waals surface area contributed by atoms with Gasteiger partial charge in [0.25, 0.3) is 0 Å². The predicted octanol–water partition coefficient (Wildman–Crippen LogP) is 2.97. The van der Waals surface area contributed by atoms with Crippen molar-refractivity contribution in [2.24, 2.45) is 5.73 Å². The van der Waals surface area contributed by atoms with Crippen molar-refractivity contribution in [3.8, 4) is 0 Å². The molecule has 2 nitrogen and oxygen atoms in total. The summed E-state index contributed by atoms with van der Waals surface area (Å²) in [5.74, 6) is -1.01. The van der Waals surface area contributed by atoms with E-state index >= 15 is 0 Å². The highest BCUT2D eigenvalue weighted by Crippen LogP contribution is 2.15. The van der Waals surface area contributed by atoms with E-state index in [1.54, 1.807) is 0 Å². The lowest BCUT2D eigenvalue weighted by Gasteiger charge is -2.22. The summed E-state index contributed by atoms with van der Waals surface area (Å²) in [5.41, 5.74) is 6.91. The molecule has 0 saturated carbocycles. The summed E-state index contributed by atoms with van der Waals surface area (Å²) in [4.78, 5) is 1.98. The molecular formula is C17H20F2N2. The Labute approximate surface area is 124 Å². The molecule has 21 heavy (non-hydrogen) atoms. The number of benzene rings is 2. The fourth-order valence-electron chi connectivity index (χ4n) is 2.29. The van der Waals surface area contributed by atoms with Crippen molar-refractivity contribution in [3.05, 3.63) is 71.3 Å². The lowest BCUT2D eigenvalue weighted by atomic mass is 10.1. The Hall–Kier alpha value is -1.78. The number of hydrogen-bond acceptors (Lipinski definition) is 2. The molecule has 0 fully saturated rings. The minimum atomic E-state index is -0.503. The van der Waals surface area contributed by atoms with Gasteiger partial charge < -0.3 is 5.73 Å². The molecule has 2 aromatic carbocycles. The molecule has 0 aromatic heterocycles. The molecule has 0 unspecified atom stereocenters. The Balaban J connectivity index is 2.02. The van der Waals surface area contributed by atoms with Crippen LogP contribution in [0, 0.1) is 11.6 Å². The van der Waals surface area contributed by atoms with E-state index in [-0.39, 0.29) is 12.1 Å². The SMILES string of the molecule is NCCN(CCc1ccccc1)Cc1c(F)cccc1F. The molecule has 0 aliphatic carbocycles. The number of nitrogens with zero attached hydrogens (tertiary/aromatic N) is 1. The molecule has 0 amide bonds. The molecule has 0 saturated heterocycles. The maximum absolute atomic E-state index is 13.7. The van der Waals surface area contributed by atoms with Gasteiger partial charge in [-0.25, -0.2) is 8.78 Å². The van der Waals surface area contributed by atoms with Gasteiger partial charge in [-0.1, -0.05) is 36.4 Å². The van der Waals surface area contributed by atoms with Crippen molar-refractivity contribution in [2.75, 3.05) is 19.6 Å². The number of halogens is 2. The summed E-state index contributed by atoms with van der Waals surface area (Å²) in [6, 6.07) is 14.0. The van der Waals surface area contributed by atoms with E-state index in [2.05, 4.69) is 0 Å². The van der Waals surface area contributed by atoms with E-state index in [0.717, 1.165) is 13.0 Å². The first kappa shape index (κ1) is 15.6. The highest BCUT2D eigenvalue weighted by Gasteiger charge is 2.13. The van der Waals surface area contributed by atoms with Gasteiger partial charge in [0.15, 0.2) is 0 Å². The molecule has 0 bridgehead atoms. The van der Waals surface area contributed by atoms with Gasteiger partial charge in [0.1, 0.15) is 11.6 Å². The normalized spacial score (nSPS) is 11.0. The molecular weight excluding hydrogens is 270 g/mol. The van der Waals surface area contributed by atoms with Gasteiger partial charge in [-0.2, -0.15) is 0 Å². The predicted molar refractivity (Wildman–Crippen MR) is 80.8 cm³/mol. The van der Waals surface area contributed by atoms with Gasteiger partial charge in [-0.05, 0) is 24.1 Å². The van der Waals surface area contributed by atoms with E-state index < -0.39 is 11.6 Å². The van der Waals surface area contributed by atoms with Crippen LogP contribution in [0.2, 0.25) is 0 Å². The van der Waals surface area contributed by atoms with Crippen LogP contribution in [0.4, 0.5) is 8.78 Å². The molecule has 0 atom stereocenters.